The molecule has 22 heavy (non-hydrogen) atoms. The van der Waals surface area contributed by atoms with Crippen molar-refractivity contribution in [3.8, 4) is 0 Å². The van der Waals surface area contributed by atoms with Crippen LogP contribution in [0.2, 0.25) is 0 Å². The maximum atomic E-state index is 5.72. The van der Waals surface area contributed by atoms with Crippen LogP contribution in [-0.2, 0) is 12.8 Å². The van der Waals surface area contributed by atoms with Crippen molar-refractivity contribution < 1.29 is 0 Å². The van der Waals surface area contributed by atoms with Crippen LogP contribution in [0, 0.1) is 0 Å². The average molecular weight is 287 g/mol. The number of anilines is 1. The molecule has 3 nitrogen and oxygen atoms in total. The summed E-state index contributed by atoms with van der Waals surface area (Å²) in [5.74, 6) is 1.03. The summed E-state index contributed by atoms with van der Waals surface area (Å²) in [5, 5.41) is 2.47. The van der Waals surface area contributed by atoms with Gasteiger partial charge in [0.05, 0.1) is 11.0 Å². The van der Waals surface area contributed by atoms with E-state index in [1.807, 2.05) is 12.1 Å². The Labute approximate surface area is 128 Å². The number of nitrogens with two attached hydrogens (primary N) is 1. The third-order valence-corrected chi connectivity index (χ3v) is 4.03. The monoisotopic (exact) mass is 287 g/mol. The van der Waals surface area contributed by atoms with Crippen molar-refractivity contribution in [1.29, 1.82) is 0 Å². The Morgan fingerprint density at radius 3 is 2.36 bits per heavy atom. The van der Waals surface area contributed by atoms with Crippen LogP contribution in [0.3, 0.4) is 0 Å². The van der Waals surface area contributed by atoms with E-state index in [9.17, 15) is 0 Å². The van der Waals surface area contributed by atoms with Crippen molar-refractivity contribution in [2.75, 3.05) is 5.73 Å². The Bertz CT molecular complexity index is 883. The molecule has 4 rings (SSSR count). The highest BCUT2D eigenvalue weighted by Crippen LogP contribution is 2.21. The quantitative estimate of drug-likeness (QED) is 0.558. The van der Waals surface area contributed by atoms with Crippen LogP contribution in [0.1, 0.15) is 11.4 Å². The fraction of sp³-hybridized carbons (Fsp3) is 0.105. The number of H-pyrrole nitrogens is 1. The van der Waals surface area contributed by atoms with Crippen molar-refractivity contribution in [1.82, 2.24) is 9.97 Å². The van der Waals surface area contributed by atoms with Gasteiger partial charge < -0.3 is 10.7 Å². The van der Waals surface area contributed by atoms with E-state index < -0.39 is 0 Å². The minimum absolute atomic E-state index is 0.805. The molecule has 0 aliphatic rings. The predicted molar refractivity (Wildman–Crippen MR) is 91.9 cm³/mol. The minimum atomic E-state index is 0.805. The molecule has 0 atom stereocenters. The number of nitrogens with one attached hydrogen (secondary N) is 1. The summed E-state index contributed by atoms with van der Waals surface area (Å²) in [5.41, 5.74) is 9.93. The van der Waals surface area contributed by atoms with Crippen LogP contribution in [0.15, 0.2) is 60.7 Å². The van der Waals surface area contributed by atoms with Crippen molar-refractivity contribution >= 4 is 27.5 Å². The Morgan fingerprint density at radius 2 is 1.59 bits per heavy atom. The van der Waals surface area contributed by atoms with Crippen molar-refractivity contribution in [2.45, 2.75) is 12.8 Å². The summed E-state index contributed by atoms with van der Waals surface area (Å²) in [4.78, 5) is 8.15. The highest BCUT2D eigenvalue weighted by Gasteiger charge is 2.05. The van der Waals surface area contributed by atoms with Crippen molar-refractivity contribution in [3.63, 3.8) is 0 Å². The maximum Gasteiger partial charge on any atom is 0.107 e. The molecule has 0 saturated heterocycles. The third-order valence-electron chi connectivity index (χ3n) is 4.03. The van der Waals surface area contributed by atoms with Crippen LogP contribution in [-0.4, -0.2) is 9.97 Å². The second kappa shape index (κ2) is 5.19. The van der Waals surface area contributed by atoms with Gasteiger partial charge in [-0.25, -0.2) is 4.98 Å². The van der Waals surface area contributed by atoms with Gasteiger partial charge in [-0.05, 0) is 47.0 Å². The first-order valence-corrected chi connectivity index (χ1v) is 7.50. The van der Waals surface area contributed by atoms with Gasteiger partial charge in [-0.15, -0.1) is 0 Å². The van der Waals surface area contributed by atoms with E-state index in [0.717, 1.165) is 35.4 Å². The summed E-state index contributed by atoms with van der Waals surface area (Å²) >= 11 is 0. The molecule has 0 aliphatic heterocycles. The number of hydrogen-bond donors (Lipinski definition) is 2. The van der Waals surface area contributed by atoms with Gasteiger partial charge in [0, 0.05) is 12.1 Å². The molecule has 3 heteroatoms. The second-order valence-corrected chi connectivity index (χ2v) is 5.64. The van der Waals surface area contributed by atoms with Gasteiger partial charge in [0.15, 0.2) is 0 Å². The molecule has 0 saturated carbocycles. The minimum Gasteiger partial charge on any atom is -0.399 e. The Kier molecular flexibility index (Phi) is 3.04. The number of nitrogen functional groups attached to an aromatic ring is 1. The van der Waals surface area contributed by atoms with Crippen molar-refractivity contribution in [3.05, 3.63) is 72.1 Å². The summed E-state index contributed by atoms with van der Waals surface area (Å²) in [6.07, 6.45) is 1.86. The van der Waals surface area contributed by atoms with Crippen LogP contribution >= 0.6 is 0 Å². The van der Waals surface area contributed by atoms with Gasteiger partial charge in [-0.3, -0.25) is 0 Å². The van der Waals surface area contributed by atoms with Gasteiger partial charge in [0.25, 0.3) is 0 Å². The molecule has 1 aromatic heterocycles. The first kappa shape index (κ1) is 12.9. The molecule has 0 spiro atoms. The lowest BCUT2D eigenvalue weighted by Gasteiger charge is -1.99. The molecule has 3 aromatic carbocycles. The lowest BCUT2D eigenvalue weighted by atomic mass is 10.1. The van der Waals surface area contributed by atoms with Gasteiger partial charge in [0.1, 0.15) is 5.82 Å². The highest BCUT2D eigenvalue weighted by atomic mass is 14.9. The lowest BCUT2D eigenvalue weighted by molar-refractivity contribution is 0.890. The molecule has 3 N–H and O–H groups in total. The zero-order valence-corrected chi connectivity index (χ0v) is 12.2. The number of hydrogen-bond acceptors (Lipinski definition) is 2. The largest absolute Gasteiger partial charge is 0.399 e. The van der Waals surface area contributed by atoms with Gasteiger partial charge >= 0.3 is 0 Å². The number of nitrogens with zero attached hydrogens (tertiary/aromatic N) is 1. The lowest BCUT2D eigenvalue weighted by Crippen LogP contribution is -1.94. The van der Waals surface area contributed by atoms with Gasteiger partial charge in [0.2, 0.25) is 0 Å². The van der Waals surface area contributed by atoms with Gasteiger partial charge in [-0.2, -0.15) is 0 Å². The van der Waals surface area contributed by atoms with Crippen LogP contribution in [0.4, 0.5) is 5.69 Å². The highest BCUT2D eigenvalue weighted by molar-refractivity contribution is 5.95. The zero-order valence-electron chi connectivity index (χ0n) is 12.2. The molecular weight excluding hydrogens is 270 g/mol. The Hall–Kier alpha value is -2.81. The third kappa shape index (κ3) is 2.42. The van der Waals surface area contributed by atoms with Crippen LogP contribution in [0.25, 0.3) is 21.8 Å². The fourth-order valence-electron chi connectivity index (χ4n) is 2.82. The maximum absolute atomic E-state index is 5.72. The number of rotatable bonds is 3. The Balaban J connectivity index is 1.61. The van der Waals surface area contributed by atoms with E-state index in [-0.39, 0.29) is 0 Å². The van der Waals surface area contributed by atoms with Gasteiger partial charge in [-0.1, -0.05) is 36.4 Å². The summed E-state index contributed by atoms with van der Waals surface area (Å²) < 4.78 is 0. The smallest absolute Gasteiger partial charge is 0.107 e. The van der Waals surface area contributed by atoms with E-state index in [0.29, 0.717) is 0 Å². The number of aryl methyl sites for hydroxylation is 2. The topological polar surface area (TPSA) is 54.7 Å². The number of aromatic amines is 1. The molecule has 0 radical (unpaired) electrons. The first-order valence-electron chi connectivity index (χ1n) is 7.50. The normalized spacial score (nSPS) is 11.3. The number of imidazole rings is 1. The van der Waals surface area contributed by atoms with E-state index in [1.165, 1.54) is 16.3 Å². The summed E-state index contributed by atoms with van der Waals surface area (Å²) in [6.45, 7) is 0. The molecular formula is C19H17N3. The summed E-state index contributed by atoms with van der Waals surface area (Å²) in [7, 11) is 0. The molecule has 1 heterocycles. The SMILES string of the molecule is Nc1ccc(CCc2nc3cc4ccccc4cc3[nH]2)cc1. The zero-order chi connectivity index (χ0) is 14.9. The van der Waals surface area contributed by atoms with E-state index in [1.54, 1.807) is 0 Å². The molecule has 0 aliphatic carbocycles. The molecule has 0 fully saturated rings. The Morgan fingerprint density at radius 1 is 0.864 bits per heavy atom. The first-order chi connectivity index (χ1) is 10.8. The molecule has 0 bridgehead atoms. The average Bonchev–Trinajstić information content (AvgIpc) is 2.93. The van der Waals surface area contributed by atoms with E-state index >= 15 is 0 Å². The number of benzene rings is 3. The second-order valence-electron chi connectivity index (χ2n) is 5.64. The number of fused-ring (bicyclic) bond motifs is 2. The molecule has 108 valence electrons. The van der Waals surface area contributed by atoms with E-state index in [4.69, 9.17) is 10.7 Å². The summed E-state index contributed by atoms with van der Waals surface area (Å²) in [6, 6.07) is 20.7. The molecule has 0 amide bonds. The van der Waals surface area contributed by atoms with Crippen molar-refractivity contribution in [2.24, 2.45) is 0 Å². The molecule has 0 unspecified atom stereocenters. The number of aromatic nitrogens is 2. The molecule has 4 aromatic rings. The fourth-order valence-corrected chi connectivity index (χ4v) is 2.82. The van der Waals surface area contributed by atoms with E-state index in [2.05, 4.69) is 53.5 Å². The van der Waals surface area contributed by atoms with Crippen LogP contribution < -0.4 is 5.73 Å². The van der Waals surface area contributed by atoms with Crippen LogP contribution in [0.5, 0.6) is 0 Å². The predicted octanol–water partition coefficient (Wildman–Crippen LogP) is 4.08. The standard InChI is InChI=1S/C19H17N3/c20-16-8-5-13(6-9-16)7-10-19-21-17-11-14-3-1-2-4-15(14)12-18(17)22-19/h1-6,8-9,11-12H,7,10,20H2,(H,21,22).